The first-order valence-electron chi connectivity index (χ1n) is 4.91. The molecule has 1 aromatic heterocycles. The molecule has 1 aliphatic rings. The molecule has 76 valence electrons. The van der Waals surface area contributed by atoms with Gasteiger partial charge in [-0.3, -0.25) is 4.90 Å². The van der Waals surface area contributed by atoms with Crippen molar-refractivity contribution in [1.29, 1.82) is 0 Å². The molecule has 0 bridgehead atoms. The Balaban J connectivity index is 1.76. The van der Waals surface area contributed by atoms with Crippen LogP contribution < -0.4 is 0 Å². The molecule has 1 fully saturated rings. The number of hydrogen-bond donors (Lipinski definition) is 0. The maximum atomic E-state index is 5.27. The second kappa shape index (κ2) is 4.93. The fourth-order valence-corrected chi connectivity index (χ4v) is 1.46. The predicted molar refractivity (Wildman–Crippen MR) is 54.8 cm³/mol. The molecule has 0 aliphatic carbocycles. The molecule has 1 aromatic rings. The van der Waals surface area contributed by atoms with Crippen LogP contribution in [0.2, 0.25) is 0 Å². The summed E-state index contributed by atoms with van der Waals surface area (Å²) in [7, 11) is 0. The zero-order chi connectivity index (χ0) is 9.64. The Morgan fingerprint density at radius 3 is 2.93 bits per heavy atom. The third-order valence-electron chi connectivity index (χ3n) is 2.25. The lowest BCUT2D eigenvalue weighted by molar-refractivity contribution is 0.0435. The van der Waals surface area contributed by atoms with Crippen molar-refractivity contribution in [1.82, 2.24) is 14.7 Å². The van der Waals surface area contributed by atoms with Crippen LogP contribution in [0.3, 0.4) is 0 Å². The van der Waals surface area contributed by atoms with E-state index in [1.54, 1.807) is 10.9 Å². The van der Waals surface area contributed by atoms with Gasteiger partial charge in [-0.05, 0) is 6.07 Å². The van der Waals surface area contributed by atoms with E-state index in [1.807, 2.05) is 18.5 Å². The van der Waals surface area contributed by atoms with Crippen molar-refractivity contribution < 1.29 is 4.74 Å². The van der Waals surface area contributed by atoms with Crippen molar-refractivity contribution in [2.24, 2.45) is 0 Å². The zero-order valence-corrected chi connectivity index (χ0v) is 8.17. The maximum absolute atomic E-state index is 5.27. The molecule has 0 radical (unpaired) electrons. The molecule has 4 heteroatoms. The Labute approximate surface area is 83.8 Å². The van der Waals surface area contributed by atoms with Gasteiger partial charge in [0.05, 0.1) is 13.2 Å². The quantitative estimate of drug-likeness (QED) is 0.707. The van der Waals surface area contributed by atoms with Crippen LogP contribution >= 0.6 is 0 Å². The second-order valence-corrected chi connectivity index (χ2v) is 3.28. The van der Waals surface area contributed by atoms with Crippen molar-refractivity contribution in [3.63, 3.8) is 0 Å². The third kappa shape index (κ3) is 2.68. The van der Waals surface area contributed by atoms with Crippen LogP contribution in [0.1, 0.15) is 0 Å². The zero-order valence-electron chi connectivity index (χ0n) is 8.17. The average molecular weight is 193 g/mol. The van der Waals surface area contributed by atoms with Crippen LogP contribution in [-0.2, 0) is 4.74 Å². The van der Waals surface area contributed by atoms with Gasteiger partial charge < -0.3 is 4.74 Å². The van der Waals surface area contributed by atoms with E-state index in [0.29, 0.717) is 0 Å². The van der Waals surface area contributed by atoms with E-state index in [2.05, 4.69) is 16.1 Å². The molecule has 0 spiro atoms. The lowest BCUT2D eigenvalue weighted by atomic mass is 10.4. The molecule has 0 saturated carbocycles. The molecule has 2 rings (SSSR count). The van der Waals surface area contributed by atoms with E-state index in [4.69, 9.17) is 4.74 Å². The molecule has 2 heterocycles. The number of ether oxygens (including phenoxy) is 1. The van der Waals surface area contributed by atoms with Crippen molar-refractivity contribution in [3.8, 4) is 0 Å². The average Bonchev–Trinajstić information content (AvgIpc) is 2.72. The van der Waals surface area contributed by atoms with Gasteiger partial charge in [-0.25, -0.2) is 4.68 Å². The Morgan fingerprint density at radius 1 is 1.36 bits per heavy atom. The molecule has 0 amide bonds. The summed E-state index contributed by atoms with van der Waals surface area (Å²) in [5, 5.41) is 4.09. The summed E-state index contributed by atoms with van der Waals surface area (Å²) in [5.74, 6) is 0. The van der Waals surface area contributed by atoms with Gasteiger partial charge in [-0.2, -0.15) is 5.10 Å². The largest absolute Gasteiger partial charge is 0.379 e. The molecule has 0 aromatic carbocycles. The monoisotopic (exact) mass is 193 g/mol. The Bertz CT molecular complexity index is 276. The summed E-state index contributed by atoms with van der Waals surface area (Å²) < 4.78 is 7.07. The molecular weight excluding hydrogens is 178 g/mol. The Kier molecular flexibility index (Phi) is 3.32. The summed E-state index contributed by atoms with van der Waals surface area (Å²) in [6, 6.07) is 1.92. The van der Waals surface area contributed by atoms with Crippen LogP contribution in [0.4, 0.5) is 0 Å². The van der Waals surface area contributed by atoms with Crippen molar-refractivity contribution >= 4 is 6.20 Å². The molecule has 0 atom stereocenters. The van der Waals surface area contributed by atoms with Gasteiger partial charge in [0.1, 0.15) is 0 Å². The summed E-state index contributed by atoms with van der Waals surface area (Å²) in [4.78, 5) is 2.36. The molecule has 1 saturated heterocycles. The topological polar surface area (TPSA) is 30.3 Å². The standard InChI is InChI=1S/C10H15N3O/c1-3-11-13(5-1)6-2-4-12-7-9-14-10-8-12/h1-3,5-6H,4,7-10H2/b6-2+. The minimum atomic E-state index is 0.857. The normalized spacial score (nSPS) is 19.1. The van der Waals surface area contributed by atoms with Gasteiger partial charge in [0.15, 0.2) is 0 Å². The highest BCUT2D eigenvalue weighted by molar-refractivity contribution is 5.20. The number of aromatic nitrogens is 2. The second-order valence-electron chi connectivity index (χ2n) is 3.28. The lowest BCUT2D eigenvalue weighted by Gasteiger charge is -2.24. The molecule has 14 heavy (non-hydrogen) atoms. The summed E-state index contributed by atoms with van der Waals surface area (Å²) in [5.41, 5.74) is 0. The summed E-state index contributed by atoms with van der Waals surface area (Å²) in [6.07, 6.45) is 7.81. The van der Waals surface area contributed by atoms with Gasteiger partial charge in [-0.15, -0.1) is 0 Å². The minimum absolute atomic E-state index is 0.857. The van der Waals surface area contributed by atoms with Crippen molar-refractivity contribution in [3.05, 3.63) is 24.5 Å². The smallest absolute Gasteiger partial charge is 0.0594 e. The van der Waals surface area contributed by atoms with Gasteiger partial charge in [0, 0.05) is 38.2 Å². The predicted octanol–water partition coefficient (Wildman–Crippen LogP) is 0.686. The number of rotatable bonds is 3. The first-order valence-corrected chi connectivity index (χ1v) is 4.91. The van der Waals surface area contributed by atoms with E-state index >= 15 is 0 Å². The highest BCUT2D eigenvalue weighted by atomic mass is 16.5. The molecule has 1 aliphatic heterocycles. The SMILES string of the molecule is C(=C\n1cccn1)/CN1CCOCC1. The number of hydrogen-bond acceptors (Lipinski definition) is 3. The summed E-state index contributed by atoms with van der Waals surface area (Å²) >= 11 is 0. The van der Waals surface area contributed by atoms with E-state index in [9.17, 15) is 0 Å². The molecule has 0 N–H and O–H groups in total. The van der Waals surface area contributed by atoms with E-state index < -0.39 is 0 Å². The fraction of sp³-hybridized carbons (Fsp3) is 0.500. The fourth-order valence-electron chi connectivity index (χ4n) is 1.46. The first kappa shape index (κ1) is 9.43. The minimum Gasteiger partial charge on any atom is -0.379 e. The van der Waals surface area contributed by atoms with Crippen LogP contribution in [0.15, 0.2) is 24.5 Å². The van der Waals surface area contributed by atoms with Gasteiger partial charge in [0.25, 0.3) is 0 Å². The van der Waals surface area contributed by atoms with E-state index in [1.165, 1.54) is 0 Å². The van der Waals surface area contributed by atoms with E-state index in [0.717, 1.165) is 32.8 Å². The van der Waals surface area contributed by atoms with Crippen LogP contribution in [-0.4, -0.2) is 47.5 Å². The van der Waals surface area contributed by atoms with Gasteiger partial charge >= 0.3 is 0 Å². The number of nitrogens with zero attached hydrogens (tertiary/aromatic N) is 3. The molecule has 4 nitrogen and oxygen atoms in total. The first-order chi connectivity index (χ1) is 6.95. The van der Waals surface area contributed by atoms with Gasteiger partial charge in [0.2, 0.25) is 0 Å². The Hall–Kier alpha value is -1.13. The van der Waals surface area contributed by atoms with Crippen molar-refractivity contribution in [2.75, 3.05) is 32.8 Å². The van der Waals surface area contributed by atoms with Crippen LogP contribution in [0.25, 0.3) is 6.20 Å². The summed E-state index contributed by atoms with van der Waals surface area (Å²) in [6.45, 7) is 4.75. The lowest BCUT2D eigenvalue weighted by Crippen LogP contribution is -2.36. The van der Waals surface area contributed by atoms with Crippen molar-refractivity contribution in [2.45, 2.75) is 0 Å². The number of morpholine rings is 1. The van der Waals surface area contributed by atoms with Gasteiger partial charge in [-0.1, -0.05) is 6.08 Å². The Morgan fingerprint density at radius 2 is 2.21 bits per heavy atom. The molecule has 0 unspecified atom stereocenters. The van der Waals surface area contributed by atoms with Crippen LogP contribution in [0, 0.1) is 0 Å². The van der Waals surface area contributed by atoms with Crippen LogP contribution in [0.5, 0.6) is 0 Å². The maximum Gasteiger partial charge on any atom is 0.0594 e. The molecular formula is C10H15N3O. The highest BCUT2D eigenvalue weighted by Crippen LogP contribution is 1.96. The highest BCUT2D eigenvalue weighted by Gasteiger charge is 2.07. The third-order valence-corrected chi connectivity index (χ3v) is 2.25. The van der Waals surface area contributed by atoms with E-state index in [-0.39, 0.29) is 0 Å².